The summed E-state index contributed by atoms with van der Waals surface area (Å²) in [7, 11) is 0. The SMILES string of the molecule is FC(F)(F)c1ccc(C(C(F)(F)F)C(F)(F)F)cc1. The van der Waals surface area contributed by atoms with Crippen LogP contribution in [-0.4, -0.2) is 12.4 Å². The average Bonchev–Trinajstić information content (AvgIpc) is 2.12. The molecule has 0 saturated heterocycles. The molecule has 0 saturated carbocycles. The van der Waals surface area contributed by atoms with E-state index in [0.29, 0.717) is 0 Å². The number of hydrogen-bond donors (Lipinski definition) is 0. The quantitative estimate of drug-likeness (QED) is 0.646. The molecule has 0 aliphatic carbocycles. The smallest absolute Gasteiger partial charge is 0.170 e. The second kappa shape index (κ2) is 4.61. The normalized spacial score (nSPS) is 14.0. The highest BCUT2D eigenvalue weighted by molar-refractivity contribution is 5.29. The van der Waals surface area contributed by atoms with Crippen molar-refractivity contribution < 1.29 is 39.5 Å². The van der Waals surface area contributed by atoms with Crippen LogP contribution in [0, 0.1) is 0 Å². The van der Waals surface area contributed by atoms with Gasteiger partial charge in [-0.1, -0.05) is 12.1 Å². The van der Waals surface area contributed by atoms with Crippen LogP contribution in [0.4, 0.5) is 39.5 Å². The van der Waals surface area contributed by atoms with Crippen molar-refractivity contribution in [3.05, 3.63) is 35.4 Å². The number of alkyl halides is 9. The van der Waals surface area contributed by atoms with Gasteiger partial charge >= 0.3 is 18.5 Å². The zero-order valence-electron chi connectivity index (χ0n) is 8.79. The van der Waals surface area contributed by atoms with Crippen LogP contribution in [0.1, 0.15) is 17.0 Å². The summed E-state index contributed by atoms with van der Waals surface area (Å²) in [6.45, 7) is 0. The van der Waals surface area contributed by atoms with Gasteiger partial charge < -0.3 is 0 Å². The van der Waals surface area contributed by atoms with Crippen molar-refractivity contribution in [1.82, 2.24) is 0 Å². The first-order chi connectivity index (χ1) is 8.33. The molecule has 19 heavy (non-hydrogen) atoms. The van der Waals surface area contributed by atoms with Crippen molar-refractivity contribution in [1.29, 1.82) is 0 Å². The third-order valence-corrected chi connectivity index (χ3v) is 2.23. The molecule has 0 fully saturated rings. The first kappa shape index (κ1) is 15.6. The summed E-state index contributed by atoms with van der Waals surface area (Å²) in [6, 6.07) is 0.711. The Morgan fingerprint density at radius 1 is 0.632 bits per heavy atom. The van der Waals surface area contributed by atoms with Gasteiger partial charge in [-0.25, -0.2) is 0 Å². The van der Waals surface area contributed by atoms with Gasteiger partial charge in [-0.3, -0.25) is 0 Å². The van der Waals surface area contributed by atoms with Crippen molar-refractivity contribution in [3.8, 4) is 0 Å². The van der Waals surface area contributed by atoms with Gasteiger partial charge in [0.15, 0.2) is 5.92 Å². The van der Waals surface area contributed by atoms with Crippen LogP contribution >= 0.6 is 0 Å². The zero-order valence-corrected chi connectivity index (χ0v) is 8.79. The molecule has 0 radical (unpaired) electrons. The second-order valence-electron chi connectivity index (χ2n) is 3.64. The number of rotatable bonds is 1. The summed E-state index contributed by atoms with van der Waals surface area (Å²) in [5, 5.41) is 0. The molecule has 108 valence electrons. The van der Waals surface area contributed by atoms with Crippen molar-refractivity contribution in [2.24, 2.45) is 0 Å². The highest BCUT2D eigenvalue weighted by atomic mass is 19.4. The van der Waals surface area contributed by atoms with Crippen molar-refractivity contribution >= 4 is 0 Å². The molecular formula is C10H5F9. The van der Waals surface area contributed by atoms with E-state index >= 15 is 0 Å². The molecule has 0 unspecified atom stereocenters. The number of benzene rings is 1. The Labute approximate surface area is 100 Å². The summed E-state index contributed by atoms with van der Waals surface area (Å²) >= 11 is 0. The van der Waals surface area contributed by atoms with Gasteiger partial charge in [0, 0.05) is 0 Å². The first-order valence-electron chi connectivity index (χ1n) is 4.64. The Bertz CT molecular complexity index is 406. The lowest BCUT2D eigenvalue weighted by atomic mass is 9.96. The van der Waals surface area contributed by atoms with Gasteiger partial charge in [0.1, 0.15) is 0 Å². The Hall–Kier alpha value is -1.41. The maximum Gasteiger partial charge on any atom is 0.416 e. The van der Waals surface area contributed by atoms with Gasteiger partial charge in [0.05, 0.1) is 5.56 Å². The molecule has 1 aromatic carbocycles. The van der Waals surface area contributed by atoms with Crippen LogP contribution in [0.25, 0.3) is 0 Å². The molecule has 0 N–H and O–H groups in total. The predicted molar refractivity (Wildman–Crippen MR) is 46.3 cm³/mol. The highest BCUT2D eigenvalue weighted by Crippen LogP contribution is 2.46. The van der Waals surface area contributed by atoms with Crippen molar-refractivity contribution in [3.63, 3.8) is 0 Å². The lowest BCUT2D eigenvalue weighted by Gasteiger charge is -2.23. The monoisotopic (exact) mass is 296 g/mol. The second-order valence-corrected chi connectivity index (χ2v) is 3.64. The fourth-order valence-corrected chi connectivity index (χ4v) is 1.43. The molecule has 0 atom stereocenters. The van der Waals surface area contributed by atoms with Crippen LogP contribution in [0.5, 0.6) is 0 Å². The van der Waals surface area contributed by atoms with Crippen LogP contribution in [0.15, 0.2) is 24.3 Å². The maximum atomic E-state index is 12.3. The maximum absolute atomic E-state index is 12.3. The Morgan fingerprint density at radius 2 is 1.00 bits per heavy atom. The van der Waals surface area contributed by atoms with E-state index in [9.17, 15) is 39.5 Å². The molecule has 0 aromatic heterocycles. The van der Waals surface area contributed by atoms with E-state index in [1.165, 1.54) is 0 Å². The molecule has 0 aliphatic rings. The third-order valence-electron chi connectivity index (χ3n) is 2.23. The predicted octanol–water partition coefficient (Wildman–Crippen LogP) is 4.91. The summed E-state index contributed by atoms with van der Waals surface area (Å²) in [5.41, 5.74) is -2.60. The molecule has 0 amide bonds. The van der Waals surface area contributed by atoms with Crippen LogP contribution in [0.2, 0.25) is 0 Å². The van der Waals surface area contributed by atoms with Gasteiger partial charge in [0.2, 0.25) is 0 Å². The van der Waals surface area contributed by atoms with Crippen LogP contribution in [-0.2, 0) is 6.18 Å². The summed E-state index contributed by atoms with van der Waals surface area (Å²) in [4.78, 5) is 0. The lowest BCUT2D eigenvalue weighted by molar-refractivity contribution is -0.253. The summed E-state index contributed by atoms with van der Waals surface area (Å²) in [5.74, 6) is -3.80. The molecule has 0 aliphatic heterocycles. The topological polar surface area (TPSA) is 0 Å². The number of hydrogen-bond acceptors (Lipinski definition) is 0. The minimum atomic E-state index is -5.63. The minimum absolute atomic E-state index is 0.175. The molecule has 9 heteroatoms. The largest absolute Gasteiger partial charge is 0.416 e. The molecular weight excluding hydrogens is 291 g/mol. The van der Waals surface area contributed by atoms with Crippen molar-refractivity contribution in [2.45, 2.75) is 24.4 Å². The fraction of sp³-hybridized carbons (Fsp3) is 0.400. The Kier molecular flexibility index (Phi) is 3.79. The Morgan fingerprint density at radius 3 is 1.26 bits per heavy atom. The third kappa shape index (κ3) is 3.77. The minimum Gasteiger partial charge on any atom is -0.170 e. The molecule has 0 spiro atoms. The zero-order chi connectivity index (χ0) is 15.1. The van der Waals surface area contributed by atoms with E-state index < -0.39 is 35.6 Å². The van der Waals surface area contributed by atoms with Gasteiger partial charge in [-0.05, 0) is 17.7 Å². The van der Waals surface area contributed by atoms with Gasteiger partial charge in [-0.15, -0.1) is 0 Å². The molecule has 0 bridgehead atoms. The summed E-state index contributed by atoms with van der Waals surface area (Å²) in [6.07, 6.45) is -16.1. The van der Waals surface area contributed by atoms with E-state index in [1.54, 1.807) is 0 Å². The fourth-order valence-electron chi connectivity index (χ4n) is 1.43. The van der Waals surface area contributed by atoms with E-state index in [1.807, 2.05) is 0 Å². The standard InChI is InChI=1S/C10H5F9/c11-8(12,13)6-3-1-5(2-4-6)7(9(14,15)16)10(17,18)19/h1-4,7H. The van der Waals surface area contributed by atoms with E-state index in [4.69, 9.17) is 0 Å². The van der Waals surface area contributed by atoms with E-state index in [-0.39, 0.29) is 24.3 Å². The molecule has 0 heterocycles. The van der Waals surface area contributed by atoms with Crippen molar-refractivity contribution in [2.75, 3.05) is 0 Å². The van der Waals surface area contributed by atoms with Crippen LogP contribution < -0.4 is 0 Å². The Balaban J connectivity index is 3.20. The van der Waals surface area contributed by atoms with Crippen LogP contribution in [0.3, 0.4) is 0 Å². The lowest BCUT2D eigenvalue weighted by Crippen LogP contribution is -2.34. The molecule has 1 aromatic rings. The molecule has 1 rings (SSSR count). The van der Waals surface area contributed by atoms with Gasteiger partial charge in [0.25, 0.3) is 0 Å². The van der Waals surface area contributed by atoms with E-state index in [0.717, 1.165) is 0 Å². The summed E-state index contributed by atoms with van der Waals surface area (Å²) < 4.78 is 110. The molecule has 0 nitrogen and oxygen atoms in total. The first-order valence-corrected chi connectivity index (χ1v) is 4.64. The number of halogens is 9. The highest BCUT2D eigenvalue weighted by Gasteiger charge is 2.57. The average molecular weight is 296 g/mol. The van der Waals surface area contributed by atoms with E-state index in [2.05, 4.69) is 0 Å². The van der Waals surface area contributed by atoms with Gasteiger partial charge in [-0.2, -0.15) is 39.5 Å².